The smallest absolute Gasteiger partial charge is 0.220 e. The van der Waals surface area contributed by atoms with Crippen molar-refractivity contribution >= 4 is 11.7 Å². The highest BCUT2D eigenvalue weighted by Crippen LogP contribution is 2.34. The quantitative estimate of drug-likeness (QED) is 0.252. The van der Waals surface area contributed by atoms with Gasteiger partial charge >= 0.3 is 0 Å². The lowest BCUT2D eigenvalue weighted by atomic mass is 9.89. The second-order valence-electron chi connectivity index (χ2n) is 9.26. The van der Waals surface area contributed by atoms with Gasteiger partial charge < -0.3 is 10.4 Å². The van der Waals surface area contributed by atoms with E-state index in [1.807, 2.05) is 24.3 Å². The van der Waals surface area contributed by atoms with Crippen LogP contribution in [-0.4, -0.2) is 29.4 Å². The predicted octanol–water partition coefficient (Wildman–Crippen LogP) is 5.78. The van der Waals surface area contributed by atoms with Crippen LogP contribution in [0.2, 0.25) is 0 Å². The maximum absolute atomic E-state index is 12.3. The lowest BCUT2D eigenvalue weighted by Gasteiger charge is -2.15. The van der Waals surface area contributed by atoms with E-state index in [4.69, 9.17) is 0 Å². The minimum Gasteiger partial charge on any atom is -0.389 e. The molecule has 0 aromatic heterocycles. The van der Waals surface area contributed by atoms with Crippen molar-refractivity contribution in [2.24, 2.45) is 11.8 Å². The summed E-state index contributed by atoms with van der Waals surface area (Å²) in [6.45, 7) is 2.85. The fourth-order valence-corrected chi connectivity index (χ4v) is 4.59. The van der Waals surface area contributed by atoms with Gasteiger partial charge in [0.25, 0.3) is 0 Å². The Morgan fingerprint density at radius 1 is 1.12 bits per heavy atom. The second-order valence-corrected chi connectivity index (χ2v) is 9.26. The summed E-state index contributed by atoms with van der Waals surface area (Å²) < 4.78 is 0. The van der Waals surface area contributed by atoms with E-state index in [1.54, 1.807) is 0 Å². The van der Waals surface area contributed by atoms with Crippen molar-refractivity contribution in [2.75, 3.05) is 6.54 Å². The van der Waals surface area contributed by atoms with Crippen LogP contribution in [0.4, 0.5) is 0 Å². The zero-order valence-electron chi connectivity index (χ0n) is 19.9. The van der Waals surface area contributed by atoms with Crippen molar-refractivity contribution < 1.29 is 14.7 Å². The summed E-state index contributed by atoms with van der Waals surface area (Å²) in [5, 5.41) is 13.1. The topological polar surface area (TPSA) is 66.4 Å². The van der Waals surface area contributed by atoms with Gasteiger partial charge in [0.05, 0.1) is 6.10 Å². The minimum atomic E-state index is -0.378. The molecule has 0 heterocycles. The zero-order chi connectivity index (χ0) is 23.0. The molecule has 0 aliphatic heterocycles. The number of aliphatic hydroxyl groups excluding tert-OH is 1. The molecule has 1 saturated carbocycles. The Labute approximate surface area is 194 Å². The van der Waals surface area contributed by atoms with Gasteiger partial charge in [-0.15, -0.1) is 0 Å². The maximum Gasteiger partial charge on any atom is 0.220 e. The summed E-state index contributed by atoms with van der Waals surface area (Å²) in [7, 11) is 0. The number of carbonyl (C=O) groups is 2. The Morgan fingerprint density at radius 3 is 2.69 bits per heavy atom. The maximum atomic E-state index is 12.3. The van der Waals surface area contributed by atoms with Crippen LogP contribution >= 0.6 is 0 Å². The van der Waals surface area contributed by atoms with E-state index >= 15 is 0 Å². The number of amides is 1. The first kappa shape index (κ1) is 26.3. The molecule has 0 unspecified atom stereocenters. The first-order chi connectivity index (χ1) is 15.6. The third kappa shape index (κ3) is 10.6. The van der Waals surface area contributed by atoms with Gasteiger partial charge in [-0.1, -0.05) is 87.9 Å². The Kier molecular flexibility index (Phi) is 13.0. The molecule has 0 spiro atoms. The fraction of sp³-hybridized carbons (Fsp3) is 0.643. The summed E-state index contributed by atoms with van der Waals surface area (Å²) in [6.07, 6.45) is 15.9. The molecule has 4 heteroatoms. The molecule has 1 aliphatic rings. The van der Waals surface area contributed by atoms with E-state index < -0.39 is 0 Å². The van der Waals surface area contributed by atoms with Crippen molar-refractivity contribution in [1.82, 2.24) is 5.32 Å². The van der Waals surface area contributed by atoms with Gasteiger partial charge in [0.1, 0.15) is 5.78 Å². The summed E-state index contributed by atoms with van der Waals surface area (Å²) in [5.41, 5.74) is 1.24. The van der Waals surface area contributed by atoms with E-state index in [0.717, 1.165) is 70.6 Å². The number of aliphatic hydroxyl groups is 1. The third-order valence-corrected chi connectivity index (χ3v) is 6.59. The van der Waals surface area contributed by atoms with E-state index in [2.05, 4.69) is 30.4 Å². The number of nitrogens with one attached hydrogen (secondary N) is 1. The van der Waals surface area contributed by atoms with Gasteiger partial charge in [-0.05, 0) is 43.6 Å². The molecule has 2 rings (SSSR count). The molecule has 178 valence electrons. The normalized spacial score (nSPS) is 19.5. The molecule has 1 amide bonds. The van der Waals surface area contributed by atoms with Gasteiger partial charge in [-0.2, -0.15) is 0 Å². The highest BCUT2D eigenvalue weighted by molar-refractivity contribution is 5.83. The molecule has 0 saturated heterocycles. The Morgan fingerprint density at radius 2 is 1.91 bits per heavy atom. The molecule has 2 N–H and O–H groups in total. The van der Waals surface area contributed by atoms with Gasteiger partial charge in [-0.25, -0.2) is 0 Å². The standard InChI is InChI=1S/C28H43NO3/c1-2-3-7-14-25(30)19-17-24-18-20-27(31)26(24)15-10-4-5-11-16-28(32)29-22-21-23-12-8-6-9-13-23/h6,8-9,12-13,17,19,24-26,30H,2-5,7,10-11,14-16,18,20-22H2,1H3,(H,29,32)/t24-,25-,26+/m0/s1. The molecule has 32 heavy (non-hydrogen) atoms. The van der Waals surface area contributed by atoms with Crippen molar-refractivity contribution in [1.29, 1.82) is 0 Å². The van der Waals surface area contributed by atoms with Crippen LogP contribution in [0.5, 0.6) is 0 Å². The van der Waals surface area contributed by atoms with Crippen LogP contribution in [0.3, 0.4) is 0 Å². The third-order valence-electron chi connectivity index (χ3n) is 6.59. The van der Waals surface area contributed by atoms with Gasteiger partial charge in [0.15, 0.2) is 0 Å². The molecule has 1 fully saturated rings. The summed E-state index contributed by atoms with van der Waals surface area (Å²) >= 11 is 0. The van der Waals surface area contributed by atoms with Crippen LogP contribution in [-0.2, 0) is 16.0 Å². The lowest BCUT2D eigenvalue weighted by Crippen LogP contribution is -2.25. The van der Waals surface area contributed by atoms with Crippen LogP contribution in [0.25, 0.3) is 0 Å². The number of unbranched alkanes of at least 4 members (excludes halogenated alkanes) is 5. The van der Waals surface area contributed by atoms with Crippen molar-refractivity contribution in [2.45, 2.75) is 96.5 Å². The van der Waals surface area contributed by atoms with Crippen LogP contribution in [0.15, 0.2) is 42.5 Å². The van der Waals surface area contributed by atoms with Gasteiger partial charge in [0, 0.05) is 25.3 Å². The summed E-state index contributed by atoms with van der Waals surface area (Å²) in [6, 6.07) is 10.2. The van der Waals surface area contributed by atoms with Crippen LogP contribution in [0, 0.1) is 11.8 Å². The van der Waals surface area contributed by atoms with E-state index in [9.17, 15) is 14.7 Å². The molecular weight excluding hydrogens is 398 g/mol. The lowest BCUT2D eigenvalue weighted by molar-refractivity contribution is -0.121. The average Bonchev–Trinajstić information content (AvgIpc) is 3.15. The molecule has 1 aliphatic carbocycles. The van der Waals surface area contributed by atoms with E-state index in [1.165, 1.54) is 5.56 Å². The molecular formula is C28H43NO3. The first-order valence-corrected chi connectivity index (χ1v) is 12.8. The second kappa shape index (κ2) is 15.8. The highest BCUT2D eigenvalue weighted by atomic mass is 16.3. The number of hydrogen-bond acceptors (Lipinski definition) is 3. The van der Waals surface area contributed by atoms with Crippen molar-refractivity contribution in [3.05, 3.63) is 48.0 Å². The average molecular weight is 442 g/mol. The SMILES string of the molecule is CCCCC[C@H](O)C=C[C@H]1CCC(=O)[C@@H]1CCCCCCC(=O)NCCc1ccccc1. The van der Waals surface area contributed by atoms with Crippen LogP contribution in [0.1, 0.15) is 89.5 Å². The summed E-state index contributed by atoms with van der Waals surface area (Å²) in [4.78, 5) is 24.3. The highest BCUT2D eigenvalue weighted by Gasteiger charge is 2.32. The number of Topliss-reactive ketones (excluding diaryl/α,β-unsaturated/α-hetero) is 1. The molecule has 0 bridgehead atoms. The van der Waals surface area contributed by atoms with Crippen LogP contribution < -0.4 is 5.32 Å². The number of rotatable bonds is 16. The van der Waals surface area contributed by atoms with Crippen molar-refractivity contribution in [3.63, 3.8) is 0 Å². The zero-order valence-corrected chi connectivity index (χ0v) is 19.9. The number of ketones is 1. The van der Waals surface area contributed by atoms with E-state index in [0.29, 0.717) is 31.1 Å². The van der Waals surface area contributed by atoms with Gasteiger partial charge in [-0.3, -0.25) is 9.59 Å². The number of hydrogen-bond donors (Lipinski definition) is 2. The minimum absolute atomic E-state index is 0.121. The molecule has 0 radical (unpaired) electrons. The summed E-state index contributed by atoms with van der Waals surface area (Å²) in [5.74, 6) is 0.932. The van der Waals surface area contributed by atoms with Gasteiger partial charge in [0.2, 0.25) is 5.91 Å². The molecule has 1 aromatic carbocycles. The Bertz CT molecular complexity index is 685. The number of carbonyl (C=O) groups excluding carboxylic acids is 2. The Hall–Kier alpha value is -1.94. The monoisotopic (exact) mass is 441 g/mol. The molecule has 4 nitrogen and oxygen atoms in total. The molecule has 3 atom stereocenters. The van der Waals surface area contributed by atoms with Crippen molar-refractivity contribution in [3.8, 4) is 0 Å². The number of benzene rings is 1. The predicted molar refractivity (Wildman–Crippen MR) is 131 cm³/mol. The fourth-order valence-electron chi connectivity index (χ4n) is 4.59. The van der Waals surface area contributed by atoms with E-state index in [-0.39, 0.29) is 17.9 Å². The Balaban J connectivity index is 1.54. The first-order valence-electron chi connectivity index (χ1n) is 12.8. The largest absolute Gasteiger partial charge is 0.389 e. The number of allylic oxidation sites excluding steroid dienone is 1. The molecule has 1 aromatic rings.